The van der Waals surface area contributed by atoms with E-state index in [1.807, 2.05) is 60.9 Å². The zero-order valence-electron chi connectivity index (χ0n) is 31.9. The third-order valence-electron chi connectivity index (χ3n) is 9.55. The van der Waals surface area contributed by atoms with E-state index in [1.54, 1.807) is 0 Å². The summed E-state index contributed by atoms with van der Waals surface area (Å²) in [6, 6.07) is 64.9. The van der Waals surface area contributed by atoms with Crippen LogP contribution >= 0.6 is 0 Å². The number of aromatic nitrogens is 4. The summed E-state index contributed by atoms with van der Waals surface area (Å²) in [5.74, 6) is -0.0625. The van der Waals surface area contributed by atoms with Crippen molar-refractivity contribution in [3.05, 3.63) is 206 Å². The van der Waals surface area contributed by atoms with Crippen molar-refractivity contribution in [2.75, 3.05) is 0 Å². The number of aliphatic hydroxyl groups is 1. The van der Waals surface area contributed by atoms with Gasteiger partial charge in [0.1, 0.15) is 0 Å². The van der Waals surface area contributed by atoms with Crippen LogP contribution in [-0.2, 0) is 24.9 Å². The predicted octanol–water partition coefficient (Wildman–Crippen LogP) is 12.3. The average molecular weight is 931 g/mol. The molecule has 0 bridgehead atoms. The van der Waals surface area contributed by atoms with Gasteiger partial charge < -0.3 is 24.2 Å². The van der Waals surface area contributed by atoms with Crippen LogP contribution < -0.4 is 0 Å². The topological polar surface area (TPSA) is 72.9 Å². The Morgan fingerprint density at radius 3 is 1.16 bits per heavy atom. The Labute approximate surface area is 350 Å². The summed E-state index contributed by atoms with van der Waals surface area (Å²) in [6.45, 7) is 2.85. The molecule has 1 radical (unpaired) electrons. The van der Waals surface area contributed by atoms with Gasteiger partial charge in [0.2, 0.25) is 0 Å². The first-order valence-corrected chi connectivity index (χ1v) is 18.7. The molecule has 7 heteroatoms. The first-order valence-electron chi connectivity index (χ1n) is 18.7. The fraction of sp³-hybridized carbons (Fsp3) is 0.0392. The van der Waals surface area contributed by atoms with Crippen molar-refractivity contribution < 1.29 is 30.0 Å². The van der Waals surface area contributed by atoms with E-state index in [9.17, 15) is 4.79 Å². The van der Waals surface area contributed by atoms with Crippen LogP contribution in [0, 0.1) is 12.1 Å². The van der Waals surface area contributed by atoms with Crippen molar-refractivity contribution >= 4 is 49.4 Å². The molecule has 10 rings (SSSR count). The molecular weight excluding hydrogens is 893 g/mol. The summed E-state index contributed by atoms with van der Waals surface area (Å²) in [6.07, 6.45) is 4.91. The normalized spacial score (nSPS) is 11.0. The van der Waals surface area contributed by atoms with Crippen LogP contribution in [0.25, 0.3) is 77.5 Å². The Balaban J connectivity index is 0.000000150. The van der Waals surface area contributed by atoms with Gasteiger partial charge in [-0.25, -0.2) is 0 Å². The quantitative estimate of drug-likeness (QED) is 0.106. The van der Waals surface area contributed by atoms with Gasteiger partial charge in [0.15, 0.2) is 5.78 Å². The Bertz CT molecular complexity index is 2720. The number of ketones is 1. The minimum absolute atomic E-state index is 0. The van der Waals surface area contributed by atoms with Gasteiger partial charge in [-0.15, -0.1) is 71.8 Å². The van der Waals surface area contributed by atoms with Gasteiger partial charge in [-0.1, -0.05) is 84.9 Å². The molecule has 0 unspecified atom stereocenters. The fourth-order valence-electron chi connectivity index (χ4n) is 7.21. The van der Waals surface area contributed by atoms with E-state index >= 15 is 0 Å². The standard InChI is InChI=1S/2C23H15N2.C5H8O2.Ir/c2*1-2-8-17(9-3-1)21-16-18(14-15-24-21)25-22-12-6-4-10-19(22)20-11-5-7-13-23(20)25;1-4(6)3-5(2)7;/h2*1-8,10-16H;3,6H,1-2H3;/q2*-1;;/b;;4-3-;. The summed E-state index contributed by atoms with van der Waals surface area (Å²) in [5.41, 5.74) is 10.9. The van der Waals surface area contributed by atoms with Crippen LogP contribution in [0.1, 0.15) is 13.8 Å². The number of rotatable bonds is 5. The van der Waals surface area contributed by atoms with Crippen LogP contribution in [-0.4, -0.2) is 30.0 Å². The smallest absolute Gasteiger partial charge is 0.155 e. The van der Waals surface area contributed by atoms with Gasteiger partial charge in [0.05, 0.1) is 27.8 Å². The summed E-state index contributed by atoms with van der Waals surface area (Å²) in [5, 5.41) is 13.4. The van der Waals surface area contributed by atoms with Crippen LogP contribution in [0.4, 0.5) is 0 Å². The zero-order chi connectivity index (χ0) is 39.1. The third-order valence-corrected chi connectivity index (χ3v) is 9.55. The number of hydrogen-bond acceptors (Lipinski definition) is 4. The van der Waals surface area contributed by atoms with Crippen LogP contribution in [0.2, 0.25) is 0 Å². The molecule has 0 atom stereocenters. The van der Waals surface area contributed by atoms with E-state index in [0.717, 1.165) is 33.9 Å². The number of aliphatic hydroxyl groups excluding tert-OH is 1. The van der Waals surface area contributed by atoms with Gasteiger partial charge in [0.25, 0.3) is 0 Å². The van der Waals surface area contributed by atoms with Crippen molar-refractivity contribution in [1.82, 2.24) is 19.1 Å². The second-order valence-corrected chi connectivity index (χ2v) is 13.5. The van der Waals surface area contributed by atoms with Crippen molar-refractivity contribution in [1.29, 1.82) is 0 Å². The molecule has 0 aliphatic carbocycles. The molecule has 4 aromatic heterocycles. The summed E-state index contributed by atoms with van der Waals surface area (Å²) in [7, 11) is 0. The average Bonchev–Trinajstić information content (AvgIpc) is 3.78. The molecular formula is C51H38IrN4O2-2. The number of carbonyl (C=O) groups excluding carboxylic acids is 1. The summed E-state index contributed by atoms with van der Waals surface area (Å²) < 4.78 is 4.61. The van der Waals surface area contributed by atoms with Gasteiger partial charge in [-0.05, 0) is 61.6 Å². The largest absolute Gasteiger partial charge is 0.512 e. The molecule has 4 heterocycles. The maximum Gasteiger partial charge on any atom is 0.155 e. The van der Waals surface area contributed by atoms with E-state index in [0.29, 0.717) is 0 Å². The molecule has 6 aromatic carbocycles. The predicted molar refractivity (Wildman–Crippen MR) is 233 cm³/mol. The minimum Gasteiger partial charge on any atom is -0.512 e. The first kappa shape index (κ1) is 39.3. The number of carbonyl (C=O) groups is 1. The molecule has 1 N–H and O–H groups in total. The Morgan fingerprint density at radius 2 is 0.862 bits per heavy atom. The van der Waals surface area contributed by atoms with Gasteiger partial charge in [-0.3, -0.25) is 4.79 Å². The van der Waals surface area contributed by atoms with Crippen molar-refractivity contribution in [2.24, 2.45) is 0 Å². The molecule has 0 aliphatic rings. The number of hydrogen-bond donors (Lipinski definition) is 1. The summed E-state index contributed by atoms with van der Waals surface area (Å²) >= 11 is 0. The zero-order valence-corrected chi connectivity index (χ0v) is 34.3. The number of pyridine rings is 2. The van der Waals surface area contributed by atoms with Gasteiger partial charge >= 0.3 is 0 Å². The Kier molecular flexibility index (Phi) is 12.1. The van der Waals surface area contributed by atoms with Crippen LogP contribution in [0.15, 0.2) is 194 Å². The summed E-state index contributed by atoms with van der Waals surface area (Å²) in [4.78, 5) is 19.1. The molecule has 10 aromatic rings. The molecule has 285 valence electrons. The molecule has 0 saturated heterocycles. The number of allylic oxidation sites excluding steroid dienone is 2. The maximum atomic E-state index is 10.0. The van der Waals surface area contributed by atoms with E-state index in [1.165, 1.54) is 63.5 Å². The van der Waals surface area contributed by atoms with Crippen LogP contribution in [0.5, 0.6) is 0 Å². The monoisotopic (exact) mass is 931 g/mol. The minimum atomic E-state index is -0.125. The van der Waals surface area contributed by atoms with E-state index in [4.69, 9.17) is 5.11 Å². The second-order valence-electron chi connectivity index (χ2n) is 13.5. The Hall–Kier alpha value is -6.92. The number of nitrogens with zero attached hydrogens (tertiary/aromatic N) is 4. The molecule has 0 fully saturated rings. The molecule has 0 aliphatic heterocycles. The molecule has 58 heavy (non-hydrogen) atoms. The van der Waals surface area contributed by atoms with Crippen molar-refractivity contribution in [3.8, 4) is 33.9 Å². The van der Waals surface area contributed by atoms with Gasteiger partial charge in [0, 0.05) is 71.5 Å². The van der Waals surface area contributed by atoms with E-state index in [2.05, 4.69) is 153 Å². The Morgan fingerprint density at radius 1 is 0.517 bits per heavy atom. The molecule has 0 spiro atoms. The second kappa shape index (κ2) is 17.9. The SMILES string of the molecule is CC(=O)/C=C(/C)O.[Ir].[c-]1ccccc1-c1cc(-n2c3ccccc3c3ccccc32)ccn1.[c-]1ccccc1-c1cc(-n2c3ccccc3c3ccccc32)ccn1. The van der Waals surface area contributed by atoms with Crippen molar-refractivity contribution in [3.63, 3.8) is 0 Å². The molecule has 6 nitrogen and oxygen atoms in total. The number of para-hydroxylation sites is 4. The third kappa shape index (κ3) is 8.28. The fourth-order valence-corrected chi connectivity index (χ4v) is 7.21. The molecule has 0 amide bonds. The maximum absolute atomic E-state index is 10.0. The number of fused-ring (bicyclic) bond motifs is 6. The van der Waals surface area contributed by atoms with Crippen molar-refractivity contribution in [2.45, 2.75) is 13.8 Å². The molecule has 0 saturated carbocycles. The first-order chi connectivity index (χ1) is 28.0. The number of benzene rings is 6. The van der Waals surface area contributed by atoms with E-state index in [-0.39, 0.29) is 31.6 Å². The van der Waals surface area contributed by atoms with E-state index < -0.39 is 0 Å². The van der Waals surface area contributed by atoms with Crippen LogP contribution in [0.3, 0.4) is 0 Å². The van der Waals surface area contributed by atoms with Gasteiger partial charge in [-0.2, -0.15) is 0 Å².